The van der Waals surface area contributed by atoms with Crippen LogP contribution in [0, 0.1) is 0 Å². The second-order valence-corrected chi connectivity index (χ2v) is 5.69. The summed E-state index contributed by atoms with van der Waals surface area (Å²) in [5.74, 6) is 1.29. The van der Waals surface area contributed by atoms with Crippen molar-refractivity contribution in [2.24, 2.45) is 0 Å². The smallest absolute Gasteiger partial charge is 0.255 e. The number of carbonyl (C=O) groups is 1. The summed E-state index contributed by atoms with van der Waals surface area (Å²) in [6, 6.07) is 14.6. The molecule has 2 rings (SSSR count). The van der Waals surface area contributed by atoms with Crippen molar-refractivity contribution in [3.05, 3.63) is 54.1 Å². The van der Waals surface area contributed by atoms with E-state index in [1.54, 1.807) is 12.1 Å². The van der Waals surface area contributed by atoms with Gasteiger partial charge in [0.15, 0.2) is 0 Å². The fraction of sp³-hybridized carbons (Fsp3) is 0.350. The van der Waals surface area contributed by atoms with Crippen molar-refractivity contribution >= 4 is 11.6 Å². The van der Waals surface area contributed by atoms with E-state index in [4.69, 9.17) is 9.47 Å². The zero-order valence-corrected chi connectivity index (χ0v) is 14.5. The van der Waals surface area contributed by atoms with Gasteiger partial charge < -0.3 is 14.8 Å². The van der Waals surface area contributed by atoms with Gasteiger partial charge in [-0.25, -0.2) is 0 Å². The van der Waals surface area contributed by atoms with Gasteiger partial charge in [0.25, 0.3) is 5.91 Å². The minimum Gasteiger partial charge on any atom is -0.494 e. The van der Waals surface area contributed by atoms with Gasteiger partial charge in [0, 0.05) is 17.3 Å². The van der Waals surface area contributed by atoms with E-state index in [-0.39, 0.29) is 12.0 Å². The number of ether oxygens (including phenoxy) is 2. The molecule has 0 aliphatic carbocycles. The first kappa shape index (κ1) is 17.9. The lowest BCUT2D eigenvalue weighted by molar-refractivity contribution is 0.102. The van der Waals surface area contributed by atoms with Crippen LogP contribution in [0.3, 0.4) is 0 Å². The molecule has 0 spiro atoms. The molecule has 0 aliphatic heterocycles. The van der Waals surface area contributed by atoms with E-state index >= 15 is 0 Å². The Morgan fingerprint density at radius 3 is 2.58 bits per heavy atom. The first-order valence-electron chi connectivity index (χ1n) is 8.43. The van der Waals surface area contributed by atoms with Gasteiger partial charge >= 0.3 is 0 Å². The van der Waals surface area contributed by atoms with Crippen LogP contribution in [0.1, 0.15) is 44.0 Å². The standard InChI is InChI=1S/C20H25NO3/c1-4-12-23-18-10-7-9-17(14-18)21-20(22)16-8-6-11-19(13-16)24-15(3)5-2/h6-11,13-15H,4-5,12H2,1-3H3,(H,21,22). The lowest BCUT2D eigenvalue weighted by Crippen LogP contribution is -2.13. The van der Waals surface area contributed by atoms with Crippen LogP contribution < -0.4 is 14.8 Å². The maximum Gasteiger partial charge on any atom is 0.255 e. The van der Waals surface area contributed by atoms with E-state index < -0.39 is 0 Å². The Hall–Kier alpha value is -2.49. The Kier molecular flexibility index (Phi) is 6.67. The summed E-state index contributed by atoms with van der Waals surface area (Å²) < 4.78 is 11.4. The molecule has 1 atom stereocenters. The molecule has 0 aromatic heterocycles. The Bertz CT molecular complexity index is 669. The molecule has 2 aromatic rings. The van der Waals surface area contributed by atoms with Crippen LogP contribution in [0.25, 0.3) is 0 Å². The minimum atomic E-state index is -0.169. The molecule has 1 unspecified atom stereocenters. The number of amides is 1. The van der Waals surface area contributed by atoms with Crippen LogP contribution in [0.4, 0.5) is 5.69 Å². The molecule has 4 heteroatoms. The molecule has 0 radical (unpaired) electrons. The average molecular weight is 327 g/mol. The molecule has 1 N–H and O–H groups in total. The molecule has 0 heterocycles. The van der Waals surface area contributed by atoms with E-state index in [2.05, 4.69) is 19.2 Å². The highest BCUT2D eigenvalue weighted by Crippen LogP contribution is 2.20. The van der Waals surface area contributed by atoms with E-state index in [1.807, 2.05) is 43.3 Å². The molecule has 4 nitrogen and oxygen atoms in total. The summed E-state index contributed by atoms with van der Waals surface area (Å²) in [4.78, 5) is 12.4. The first-order chi connectivity index (χ1) is 11.6. The Balaban J connectivity index is 2.05. The quantitative estimate of drug-likeness (QED) is 0.750. The molecule has 2 aromatic carbocycles. The lowest BCUT2D eigenvalue weighted by Gasteiger charge is -2.13. The summed E-state index contributed by atoms with van der Waals surface area (Å²) in [5.41, 5.74) is 1.28. The van der Waals surface area contributed by atoms with Gasteiger partial charge in [0.2, 0.25) is 0 Å². The summed E-state index contributed by atoms with van der Waals surface area (Å²) in [7, 11) is 0. The summed E-state index contributed by atoms with van der Waals surface area (Å²) >= 11 is 0. The number of carbonyl (C=O) groups excluding carboxylic acids is 1. The van der Waals surface area contributed by atoms with E-state index in [1.165, 1.54) is 0 Å². The largest absolute Gasteiger partial charge is 0.494 e. The minimum absolute atomic E-state index is 0.121. The third-order valence-electron chi connectivity index (χ3n) is 3.57. The monoisotopic (exact) mass is 327 g/mol. The Morgan fingerprint density at radius 1 is 1.08 bits per heavy atom. The number of anilines is 1. The molecule has 128 valence electrons. The van der Waals surface area contributed by atoms with Crippen molar-refractivity contribution < 1.29 is 14.3 Å². The van der Waals surface area contributed by atoms with E-state index in [0.29, 0.717) is 23.6 Å². The van der Waals surface area contributed by atoms with Crippen molar-refractivity contribution in [2.45, 2.75) is 39.7 Å². The van der Waals surface area contributed by atoms with Crippen molar-refractivity contribution in [3.63, 3.8) is 0 Å². The lowest BCUT2D eigenvalue weighted by atomic mass is 10.2. The van der Waals surface area contributed by atoms with Crippen molar-refractivity contribution in [1.82, 2.24) is 0 Å². The maximum absolute atomic E-state index is 12.4. The molecular weight excluding hydrogens is 302 g/mol. The number of hydrogen-bond acceptors (Lipinski definition) is 3. The fourth-order valence-electron chi connectivity index (χ4n) is 2.11. The van der Waals surface area contributed by atoms with Crippen LogP contribution in [-0.4, -0.2) is 18.6 Å². The van der Waals surface area contributed by atoms with Crippen LogP contribution in [0.5, 0.6) is 11.5 Å². The summed E-state index contributed by atoms with van der Waals surface area (Å²) in [6.07, 6.45) is 1.98. The molecule has 0 fully saturated rings. The van der Waals surface area contributed by atoms with Gasteiger partial charge in [-0.1, -0.05) is 26.0 Å². The van der Waals surface area contributed by atoms with Crippen LogP contribution in [0.2, 0.25) is 0 Å². The molecule has 0 aliphatic rings. The second-order valence-electron chi connectivity index (χ2n) is 5.69. The molecule has 0 saturated carbocycles. The van der Waals surface area contributed by atoms with Crippen LogP contribution in [-0.2, 0) is 0 Å². The highest BCUT2D eigenvalue weighted by molar-refractivity contribution is 6.04. The molecule has 0 saturated heterocycles. The molecular formula is C20H25NO3. The van der Waals surface area contributed by atoms with Crippen LogP contribution in [0.15, 0.2) is 48.5 Å². The summed E-state index contributed by atoms with van der Waals surface area (Å²) in [5, 5.41) is 2.90. The number of rotatable bonds is 8. The predicted octanol–water partition coefficient (Wildman–Crippen LogP) is 4.91. The maximum atomic E-state index is 12.4. The highest BCUT2D eigenvalue weighted by Gasteiger charge is 2.09. The van der Waals surface area contributed by atoms with Crippen molar-refractivity contribution in [2.75, 3.05) is 11.9 Å². The van der Waals surface area contributed by atoms with Crippen molar-refractivity contribution in [1.29, 1.82) is 0 Å². The Labute approximate surface area is 143 Å². The summed E-state index contributed by atoms with van der Waals surface area (Å²) in [6.45, 7) is 6.79. The number of nitrogens with one attached hydrogen (secondary N) is 1. The number of hydrogen-bond donors (Lipinski definition) is 1. The first-order valence-corrected chi connectivity index (χ1v) is 8.43. The van der Waals surface area contributed by atoms with Gasteiger partial charge in [-0.2, -0.15) is 0 Å². The SMILES string of the molecule is CCCOc1cccc(NC(=O)c2cccc(OC(C)CC)c2)c1. The van der Waals surface area contributed by atoms with Crippen LogP contribution >= 0.6 is 0 Å². The van der Waals surface area contributed by atoms with Gasteiger partial charge in [-0.15, -0.1) is 0 Å². The topological polar surface area (TPSA) is 47.6 Å². The van der Waals surface area contributed by atoms with Crippen molar-refractivity contribution in [3.8, 4) is 11.5 Å². The average Bonchev–Trinajstić information content (AvgIpc) is 2.60. The fourth-order valence-corrected chi connectivity index (χ4v) is 2.11. The third kappa shape index (κ3) is 5.30. The van der Waals surface area contributed by atoms with Gasteiger partial charge in [-0.05, 0) is 50.1 Å². The zero-order chi connectivity index (χ0) is 17.4. The normalized spacial score (nSPS) is 11.6. The van der Waals surface area contributed by atoms with E-state index in [0.717, 1.165) is 18.6 Å². The van der Waals surface area contributed by atoms with Gasteiger partial charge in [0.05, 0.1) is 12.7 Å². The molecule has 24 heavy (non-hydrogen) atoms. The molecule has 1 amide bonds. The molecule has 0 bridgehead atoms. The third-order valence-corrected chi connectivity index (χ3v) is 3.57. The number of benzene rings is 2. The zero-order valence-electron chi connectivity index (χ0n) is 14.5. The Morgan fingerprint density at radius 2 is 1.83 bits per heavy atom. The van der Waals surface area contributed by atoms with Gasteiger partial charge in [0.1, 0.15) is 11.5 Å². The highest BCUT2D eigenvalue weighted by atomic mass is 16.5. The predicted molar refractivity (Wildman–Crippen MR) is 97.0 cm³/mol. The van der Waals surface area contributed by atoms with E-state index in [9.17, 15) is 4.79 Å². The second kappa shape index (κ2) is 8.96. The van der Waals surface area contributed by atoms with Gasteiger partial charge in [-0.3, -0.25) is 4.79 Å².